The molecule has 0 radical (unpaired) electrons. The van der Waals surface area contributed by atoms with E-state index in [9.17, 15) is 4.79 Å². The van der Waals surface area contributed by atoms with Crippen molar-refractivity contribution in [3.63, 3.8) is 0 Å². The Kier molecular flexibility index (Phi) is 6.09. The standard InChI is InChI=1S/C17H24N2O2.ClH/c1-12-10-18-9-8-16(12)19-17(20)14-4-6-15(7-5-14)21-11-13-2-3-13;/h4-7,12-13,16,18H,2-3,8-11H2,1H3,(H,19,20);1H. The van der Waals surface area contributed by atoms with E-state index in [4.69, 9.17) is 4.74 Å². The van der Waals surface area contributed by atoms with Crippen LogP contribution in [-0.2, 0) is 0 Å². The summed E-state index contributed by atoms with van der Waals surface area (Å²) >= 11 is 0. The Balaban J connectivity index is 0.00000176. The average Bonchev–Trinajstić information content (AvgIpc) is 3.32. The molecular formula is C17H25ClN2O2. The summed E-state index contributed by atoms with van der Waals surface area (Å²) in [5.74, 6) is 2.09. The molecule has 5 heteroatoms. The lowest BCUT2D eigenvalue weighted by molar-refractivity contribution is 0.0914. The average molecular weight is 325 g/mol. The fraction of sp³-hybridized carbons (Fsp3) is 0.588. The van der Waals surface area contributed by atoms with Crippen LogP contribution in [0.3, 0.4) is 0 Å². The minimum Gasteiger partial charge on any atom is -0.493 e. The first-order valence-corrected chi connectivity index (χ1v) is 7.97. The van der Waals surface area contributed by atoms with E-state index in [-0.39, 0.29) is 24.4 Å². The van der Waals surface area contributed by atoms with Crippen LogP contribution in [0.5, 0.6) is 5.75 Å². The molecule has 122 valence electrons. The molecule has 0 aromatic heterocycles. The Hall–Kier alpha value is -1.26. The monoisotopic (exact) mass is 324 g/mol. The van der Waals surface area contributed by atoms with Crippen LogP contribution in [0.15, 0.2) is 24.3 Å². The first-order chi connectivity index (χ1) is 10.2. The van der Waals surface area contributed by atoms with Crippen LogP contribution in [0.2, 0.25) is 0 Å². The van der Waals surface area contributed by atoms with E-state index in [1.165, 1.54) is 12.8 Å². The van der Waals surface area contributed by atoms with Crippen LogP contribution >= 0.6 is 12.4 Å². The van der Waals surface area contributed by atoms with Gasteiger partial charge in [0.05, 0.1) is 6.61 Å². The zero-order valence-corrected chi connectivity index (χ0v) is 13.8. The predicted molar refractivity (Wildman–Crippen MR) is 89.8 cm³/mol. The molecule has 1 heterocycles. The Bertz CT molecular complexity index is 488. The fourth-order valence-corrected chi connectivity index (χ4v) is 2.68. The lowest BCUT2D eigenvalue weighted by Crippen LogP contribution is -2.48. The quantitative estimate of drug-likeness (QED) is 0.875. The summed E-state index contributed by atoms with van der Waals surface area (Å²) in [5.41, 5.74) is 0.708. The van der Waals surface area contributed by atoms with Gasteiger partial charge in [0.2, 0.25) is 0 Å². The van der Waals surface area contributed by atoms with E-state index < -0.39 is 0 Å². The smallest absolute Gasteiger partial charge is 0.251 e. The number of ether oxygens (including phenoxy) is 1. The summed E-state index contributed by atoms with van der Waals surface area (Å²) in [6, 6.07) is 7.75. The summed E-state index contributed by atoms with van der Waals surface area (Å²) in [7, 11) is 0. The van der Waals surface area contributed by atoms with Crippen LogP contribution in [0.4, 0.5) is 0 Å². The molecule has 2 fully saturated rings. The molecule has 0 bridgehead atoms. The highest BCUT2D eigenvalue weighted by Gasteiger charge is 2.23. The van der Waals surface area contributed by atoms with E-state index >= 15 is 0 Å². The highest BCUT2D eigenvalue weighted by atomic mass is 35.5. The van der Waals surface area contributed by atoms with Crippen LogP contribution in [0.25, 0.3) is 0 Å². The lowest BCUT2D eigenvalue weighted by atomic mass is 9.95. The zero-order valence-electron chi connectivity index (χ0n) is 13.0. The molecule has 4 nitrogen and oxygen atoms in total. The molecule has 1 aromatic rings. The Morgan fingerprint density at radius 1 is 1.27 bits per heavy atom. The maximum atomic E-state index is 12.3. The van der Waals surface area contributed by atoms with Crippen LogP contribution in [0, 0.1) is 11.8 Å². The number of nitrogens with one attached hydrogen (secondary N) is 2. The molecular weight excluding hydrogens is 300 g/mol. The molecule has 1 saturated heterocycles. The third-order valence-electron chi connectivity index (χ3n) is 4.40. The first-order valence-electron chi connectivity index (χ1n) is 7.97. The van der Waals surface area contributed by atoms with Crippen molar-refractivity contribution in [2.24, 2.45) is 11.8 Å². The predicted octanol–water partition coefficient (Wildman–Crippen LogP) is 2.63. The van der Waals surface area contributed by atoms with Gasteiger partial charge in [0.1, 0.15) is 5.75 Å². The summed E-state index contributed by atoms with van der Waals surface area (Å²) < 4.78 is 5.69. The number of rotatable bonds is 5. The number of halogens is 1. The SMILES string of the molecule is CC1CNCCC1NC(=O)c1ccc(OCC2CC2)cc1.Cl. The Labute approximate surface area is 138 Å². The lowest BCUT2D eigenvalue weighted by Gasteiger charge is -2.30. The van der Waals surface area contributed by atoms with E-state index in [0.29, 0.717) is 11.5 Å². The largest absolute Gasteiger partial charge is 0.493 e. The van der Waals surface area contributed by atoms with E-state index in [0.717, 1.165) is 37.8 Å². The minimum atomic E-state index is 0. The second-order valence-electron chi connectivity index (χ2n) is 6.33. The van der Waals surface area contributed by atoms with Crippen molar-refractivity contribution in [3.05, 3.63) is 29.8 Å². The van der Waals surface area contributed by atoms with Gasteiger partial charge >= 0.3 is 0 Å². The van der Waals surface area contributed by atoms with Crippen LogP contribution in [-0.4, -0.2) is 31.6 Å². The van der Waals surface area contributed by atoms with E-state index in [1.54, 1.807) is 0 Å². The van der Waals surface area contributed by atoms with Crippen molar-refractivity contribution in [2.75, 3.05) is 19.7 Å². The number of carbonyl (C=O) groups is 1. The van der Waals surface area contributed by atoms with E-state index in [2.05, 4.69) is 17.6 Å². The first kappa shape index (κ1) is 17.1. The van der Waals surface area contributed by atoms with Crippen LogP contribution in [0.1, 0.15) is 36.5 Å². The van der Waals surface area contributed by atoms with Crippen LogP contribution < -0.4 is 15.4 Å². The molecule has 2 unspecified atom stereocenters. The van der Waals surface area contributed by atoms with Crippen molar-refractivity contribution in [1.29, 1.82) is 0 Å². The Morgan fingerprint density at radius 3 is 2.64 bits per heavy atom. The van der Waals surface area contributed by atoms with Gasteiger partial charge in [-0.1, -0.05) is 6.92 Å². The number of amides is 1. The highest BCUT2D eigenvalue weighted by molar-refractivity contribution is 5.94. The van der Waals surface area contributed by atoms with Gasteiger partial charge in [0, 0.05) is 11.6 Å². The van der Waals surface area contributed by atoms with Crippen molar-refractivity contribution >= 4 is 18.3 Å². The summed E-state index contributed by atoms with van der Waals surface area (Å²) in [4.78, 5) is 12.3. The molecule has 22 heavy (non-hydrogen) atoms. The van der Waals surface area contributed by atoms with Gasteiger partial charge in [-0.15, -0.1) is 12.4 Å². The van der Waals surface area contributed by atoms with Gasteiger partial charge in [-0.05, 0) is 68.5 Å². The number of hydrogen-bond donors (Lipinski definition) is 2. The molecule has 2 atom stereocenters. The summed E-state index contributed by atoms with van der Waals surface area (Å²) in [5, 5.41) is 6.49. The number of carbonyl (C=O) groups excluding carboxylic acids is 1. The summed E-state index contributed by atoms with van der Waals surface area (Å²) in [6.07, 6.45) is 3.57. The molecule has 1 aliphatic carbocycles. The number of piperidine rings is 1. The molecule has 3 rings (SSSR count). The van der Waals surface area contributed by atoms with Crippen molar-refractivity contribution in [3.8, 4) is 5.75 Å². The molecule has 1 aromatic carbocycles. The second kappa shape index (κ2) is 7.84. The summed E-state index contributed by atoms with van der Waals surface area (Å²) in [6.45, 7) is 4.92. The Morgan fingerprint density at radius 2 is 2.00 bits per heavy atom. The normalized spacial score (nSPS) is 24.2. The van der Waals surface area contributed by atoms with Crippen molar-refractivity contribution < 1.29 is 9.53 Å². The molecule has 2 aliphatic rings. The minimum absolute atomic E-state index is 0. The third kappa shape index (κ3) is 4.62. The van der Waals surface area contributed by atoms with Gasteiger partial charge in [0.15, 0.2) is 0 Å². The van der Waals surface area contributed by atoms with Gasteiger partial charge in [-0.25, -0.2) is 0 Å². The number of hydrogen-bond acceptors (Lipinski definition) is 3. The van der Waals surface area contributed by atoms with Gasteiger partial charge in [-0.2, -0.15) is 0 Å². The van der Waals surface area contributed by atoms with Gasteiger partial charge in [0.25, 0.3) is 5.91 Å². The van der Waals surface area contributed by atoms with Crippen molar-refractivity contribution in [1.82, 2.24) is 10.6 Å². The van der Waals surface area contributed by atoms with Gasteiger partial charge < -0.3 is 15.4 Å². The molecule has 0 spiro atoms. The molecule has 1 aliphatic heterocycles. The van der Waals surface area contributed by atoms with Gasteiger partial charge in [-0.3, -0.25) is 4.79 Å². The number of benzene rings is 1. The molecule has 1 amide bonds. The maximum Gasteiger partial charge on any atom is 0.251 e. The highest BCUT2D eigenvalue weighted by Crippen LogP contribution is 2.29. The fourth-order valence-electron chi connectivity index (χ4n) is 2.68. The van der Waals surface area contributed by atoms with Crippen molar-refractivity contribution in [2.45, 2.75) is 32.2 Å². The maximum absolute atomic E-state index is 12.3. The topological polar surface area (TPSA) is 50.4 Å². The second-order valence-corrected chi connectivity index (χ2v) is 6.33. The molecule has 2 N–H and O–H groups in total. The van der Waals surface area contributed by atoms with E-state index in [1.807, 2.05) is 24.3 Å². The molecule has 1 saturated carbocycles. The zero-order chi connectivity index (χ0) is 14.7. The third-order valence-corrected chi connectivity index (χ3v) is 4.40.